The van der Waals surface area contributed by atoms with Crippen molar-refractivity contribution in [3.8, 4) is 0 Å². The average Bonchev–Trinajstić information content (AvgIpc) is 2.62. The third-order valence-corrected chi connectivity index (χ3v) is 4.83. The van der Waals surface area contributed by atoms with E-state index in [-0.39, 0.29) is 0 Å². The predicted octanol–water partition coefficient (Wildman–Crippen LogP) is 6.78. The van der Waals surface area contributed by atoms with Gasteiger partial charge in [-0.05, 0) is 40.8 Å². The molecule has 0 atom stereocenters. The van der Waals surface area contributed by atoms with Gasteiger partial charge in [0.05, 0.1) is 0 Å². The maximum Gasteiger partial charge on any atom is 0.0433 e. The minimum Gasteiger partial charge on any atom is -0.363 e. The lowest BCUT2D eigenvalue weighted by atomic mass is 10.0. The summed E-state index contributed by atoms with van der Waals surface area (Å²) < 4.78 is 1.14. The summed E-state index contributed by atoms with van der Waals surface area (Å²) in [7, 11) is 0. The van der Waals surface area contributed by atoms with Crippen LogP contribution in [0, 0.1) is 0 Å². The van der Waals surface area contributed by atoms with Gasteiger partial charge in [-0.1, -0.05) is 90.4 Å². The highest BCUT2D eigenvalue weighted by Gasteiger charge is 2.12. The van der Waals surface area contributed by atoms with E-state index in [4.69, 9.17) is 0 Å². The van der Waals surface area contributed by atoms with Crippen molar-refractivity contribution in [1.29, 1.82) is 0 Å². The van der Waals surface area contributed by atoms with Gasteiger partial charge < -0.3 is 4.90 Å². The maximum absolute atomic E-state index is 3.69. The van der Waals surface area contributed by atoms with Gasteiger partial charge >= 0.3 is 0 Å². The summed E-state index contributed by atoms with van der Waals surface area (Å²) in [6.45, 7) is 6.27. The predicted molar refractivity (Wildman–Crippen MR) is 111 cm³/mol. The van der Waals surface area contributed by atoms with Gasteiger partial charge in [0.1, 0.15) is 0 Å². The summed E-state index contributed by atoms with van der Waals surface area (Å²) in [6.07, 6.45) is 0. The first-order valence-electron chi connectivity index (χ1n) is 8.75. The molecule has 0 spiro atoms. The van der Waals surface area contributed by atoms with Crippen molar-refractivity contribution in [2.75, 3.05) is 4.90 Å². The minimum absolute atomic E-state index is 0.506. The second-order valence-electron chi connectivity index (χ2n) is 6.72. The zero-order valence-electron chi connectivity index (χ0n) is 14.8. The third kappa shape index (κ3) is 4.96. The Kier molecular flexibility index (Phi) is 5.93. The molecule has 0 bridgehead atoms. The van der Waals surface area contributed by atoms with E-state index in [1.54, 1.807) is 0 Å². The fourth-order valence-electron chi connectivity index (χ4n) is 2.96. The van der Waals surface area contributed by atoms with E-state index < -0.39 is 0 Å². The summed E-state index contributed by atoms with van der Waals surface area (Å²) in [5, 5.41) is 0. The molecule has 0 aliphatic rings. The van der Waals surface area contributed by atoms with Crippen molar-refractivity contribution >= 4 is 21.6 Å². The molecule has 0 aromatic heterocycles. The first-order valence-corrected chi connectivity index (χ1v) is 9.54. The fourth-order valence-corrected chi connectivity index (χ4v) is 3.46. The molecule has 0 saturated carbocycles. The van der Waals surface area contributed by atoms with Gasteiger partial charge in [-0.2, -0.15) is 0 Å². The number of anilines is 1. The van der Waals surface area contributed by atoms with Crippen molar-refractivity contribution in [3.63, 3.8) is 0 Å². The molecule has 3 rings (SSSR count). The molecule has 0 heterocycles. The minimum atomic E-state index is 0.506. The van der Waals surface area contributed by atoms with Gasteiger partial charge in [0.25, 0.3) is 0 Å². The monoisotopic (exact) mass is 393 g/mol. The van der Waals surface area contributed by atoms with E-state index in [0.29, 0.717) is 5.92 Å². The largest absolute Gasteiger partial charge is 0.363 e. The number of hydrogen-bond acceptors (Lipinski definition) is 1. The zero-order valence-corrected chi connectivity index (χ0v) is 16.4. The lowest BCUT2D eigenvalue weighted by Crippen LogP contribution is -2.22. The van der Waals surface area contributed by atoms with Crippen LogP contribution in [-0.2, 0) is 13.1 Å². The zero-order chi connectivity index (χ0) is 17.6. The maximum atomic E-state index is 3.69. The fraction of sp³-hybridized carbons (Fsp3) is 0.217. The van der Waals surface area contributed by atoms with Gasteiger partial charge in [0.15, 0.2) is 0 Å². The third-order valence-electron chi connectivity index (χ3n) is 4.37. The topological polar surface area (TPSA) is 3.24 Å². The number of nitrogens with zero attached hydrogens (tertiary/aromatic N) is 1. The molecule has 25 heavy (non-hydrogen) atoms. The molecular weight excluding hydrogens is 370 g/mol. The standard InChI is InChI=1S/C23H24BrN/c1-18(2)21-13-22(24)15-23(14-21)25(16-19-9-5-3-6-10-19)17-20-11-7-4-8-12-20/h3-15,18H,16-17H2,1-2H3. The molecule has 0 unspecified atom stereocenters. The highest BCUT2D eigenvalue weighted by atomic mass is 79.9. The Bertz CT molecular complexity index is 755. The molecular formula is C23H24BrN. The number of hydrogen-bond donors (Lipinski definition) is 0. The van der Waals surface area contributed by atoms with Crippen LogP contribution < -0.4 is 4.90 Å². The van der Waals surface area contributed by atoms with Crippen LogP contribution in [0.4, 0.5) is 5.69 Å². The van der Waals surface area contributed by atoms with E-state index in [1.807, 2.05) is 0 Å². The molecule has 0 radical (unpaired) electrons. The smallest absolute Gasteiger partial charge is 0.0433 e. The summed E-state index contributed by atoms with van der Waals surface area (Å²) >= 11 is 3.69. The molecule has 1 nitrogen and oxygen atoms in total. The molecule has 128 valence electrons. The van der Waals surface area contributed by atoms with Crippen LogP contribution in [0.25, 0.3) is 0 Å². The van der Waals surface area contributed by atoms with E-state index in [9.17, 15) is 0 Å². The van der Waals surface area contributed by atoms with Crippen LogP contribution in [0.1, 0.15) is 36.5 Å². The summed E-state index contributed by atoms with van der Waals surface area (Å²) in [6, 6.07) is 28.1. The van der Waals surface area contributed by atoms with Crippen LogP contribution in [0.15, 0.2) is 83.3 Å². The van der Waals surface area contributed by atoms with Crippen LogP contribution in [0.5, 0.6) is 0 Å². The molecule has 2 heteroatoms. The summed E-state index contributed by atoms with van der Waals surface area (Å²) in [5.41, 5.74) is 5.26. The van der Waals surface area contributed by atoms with E-state index >= 15 is 0 Å². The SMILES string of the molecule is CC(C)c1cc(Br)cc(N(Cc2ccccc2)Cc2ccccc2)c1. The first kappa shape index (κ1) is 17.8. The molecule has 0 aliphatic heterocycles. The average molecular weight is 394 g/mol. The Morgan fingerprint density at radius 3 is 1.76 bits per heavy atom. The van der Waals surface area contributed by atoms with Crippen molar-refractivity contribution in [1.82, 2.24) is 0 Å². The second-order valence-corrected chi connectivity index (χ2v) is 7.64. The van der Waals surface area contributed by atoms with Gasteiger partial charge in [0, 0.05) is 23.2 Å². The molecule has 0 aliphatic carbocycles. The molecule has 3 aromatic carbocycles. The van der Waals surface area contributed by atoms with Crippen LogP contribution in [0.2, 0.25) is 0 Å². The Labute approximate surface area is 159 Å². The first-order chi connectivity index (χ1) is 12.1. The lowest BCUT2D eigenvalue weighted by Gasteiger charge is -2.26. The van der Waals surface area contributed by atoms with E-state index in [1.165, 1.54) is 22.4 Å². The number of benzene rings is 3. The normalized spacial score (nSPS) is 10.9. The Balaban J connectivity index is 1.95. The Morgan fingerprint density at radius 2 is 1.28 bits per heavy atom. The van der Waals surface area contributed by atoms with Crippen LogP contribution >= 0.6 is 15.9 Å². The highest BCUT2D eigenvalue weighted by Crippen LogP contribution is 2.29. The van der Waals surface area contributed by atoms with E-state index in [2.05, 4.69) is 114 Å². The number of rotatable bonds is 6. The molecule has 3 aromatic rings. The van der Waals surface area contributed by atoms with Gasteiger partial charge in [0.2, 0.25) is 0 Å². The summed E-state index contributed by atoms with van der Waals surface area (Å²) in [5.74, 6) is 0.506. The van der Waals surface area contributed by atoms with E-state index in [0.717, 1.165) is 17.6 Å². The Morgan fingerprint density at radius 1 is 0.760 bits per heavy atom. The van der Waals surface area contributed by atoms with Crippen molar-refractivity contribution in [2.45, 2.75) is 32.9 Å². The van der Waals surface area contributed by atoms with Crippen molar-refractivity contribution in [3.05, 3.63) is 100 Å². The highest BCUT2D eigenvalue weighted by molar-refractivity contribution is 9.10. The molecule has 0 amide bonds. The quantitative estimate of drug-likeness (QED) is 0.445. The Hall–Kier alpha value is -2.06. The molecule has 0 N–H and O–H groups in total. The van der Waals surface area contributed by atoms with Gasteiger partial charge in [-0.15, -0.1) is 0 Å². The van der Waals surface area contributed by atoms with Gasteiger partial charge in [-0.3, -0.25) is 0 Å². The van der Waals surface area contributed by atoms with Crippen LogP contribution in [0.3, 0.4) is 0 Å². The summed E-state index contributed by atoms with van der Waals surface area (Å²) in [4.78, 5) is 2.45. The van der Waals surface area contributed by atoms with Crippen LogP contribution in [-0.4, -0.2) is 0 Å². The second kappa shape index (κ2) is 8.35. The van der Waals surface area contributed by atoms with Crippen molar-refractivity contribution in [2.24, 2.45) is 0 Å². The molecule has 0 fully saturated rings. The van der Waals surface area contributed by atoms with Gasteiger partial charge in [-0.25, -0.2) is 0 Å². The lowest BCUT2D eigenvalue weighted by molar-refractivity contribution is 0.794. The number of halogens is 1. The van der Waals surface area contributed by atoms with Crippen molar-refractivity contribution < 1.29 is 0 Å². The molecule has 0 saturated heterocycles.